The molecule has 0 N–H and O–H groups in total. The van der Waals surface area contributed by atoms with Crippen LogP contribution in [0.2, 0.25) is 0 Å². The summed E-state index contributed by atoms with van der Waals surface area (Å²) < 4.78 is 11.4. The van der Waals surface area contributed by atoms with Crippen molar-refractivity contribution < 1.29 is 28.7 Å². The van der Waals surface area contributed by atoms with Gasteiger partial charge in [-0.3, -0.25) is 10.1 Å². The predicted octanol–water partition coefficient (Wildman–Crippen LogP) is 0.140. The van der Waals surface area contributed by atoms with Gasteiger partial charge in [-0.15, -0.1) is 0 Å². The molecule has 0 aliphatic rings. The molecule has 8 nitrogen and oxygen atoms in total. The molecule has 0 amide bonds. The van der Waals surface area contributed by atoms with Crippen molar-refractivity contribution in [3.05, 3.63) is 10.1 Å². The van der Waals surface area contributed by atoms with E-state index in [4.69, 9.17) is 0 Å². The fourth-order valence-corrected chi connectivity index (χ4v) is 0.245. The molecule has 68 valence electrons. The Bertz CT molecular complexity index is 200. The molecule has 8 heteroatoms. The lowest BCUT2D eigenvalue weighted by atomic mass is 11.2. The van der Waals surface area contributed by atoms with Gasteiger partial charge in [0.1, 0.15) is 0 Å². The number of methoxy groups -OCH3 is 1. The highest BCUT2D eigenvalue weighted by Crippen LogP contribution is 1.88. The van der Waals surface area contributed by atoms with Crippen LogP contribution >= 0.6 is 0 Å². The third kappa shape index (κ3) is 4.97. The molecule has 0 atom stereocenters. The summed E-state index contributed by atoms with van der Waals surface area (Å²) in [6.45, 7) is -1.06. The first-order valence-corrected chi connectivity index (χ1v) is 2.60. The number of nitro groups is 1. The molecule has 0 rings (SSSR count). The van der Waals surface area contributed by atoms with Gasteiger partial charge in [-0.1, -0.05) is 0 Å². The van der Waals surface area contributed by atoms with E-state index in [0.717, 1.165) is 7.11 Å². The minimum Gasteiger partial charge on any atom is -0.437 e. The van der Waals surface area contributed by atoms with E-state index in [2.05, 4.69) is 14.2 Å². The zero-order valence-electron chi connectivity index (χ0n) is 6.01. The standard InChI is InChI=1S/C4H5NO7/c1-10-3(6)12-4(7)11-2-5(8)9/h2H2,1H3. The molecule has 0 spiro atoms. The highest BCUT2D eigenvalue weighted by atomic mass is 16.8. The van der Waals surface area contributed by atoms with Gasteiger partial charge < -0.3 is 14.2 Å². The van der Waals surface area contributed by atoms with Crippen molar-refractivity contribution in [3.8, 4) is 0 Å². The normalized spacial score (nSPS) is 8.42. The van der Waals surface area contributed by atoms with Crippen molar-refractivity contribution >= 4 is 12.3 Å². The van der Waals surface area contributed by atoms with E-state index in [9.17, 15) is 19.7 Å². The molecule has 0 aromatic carbocycles. The quantitative estimate of drug-likeness (QED) is 0.195. The molecule has 0 heterocycles. The molecular formula is C4H5NO7. The predicted molar refractivity (Wildman–Crippen MR) is 31.8 cm³/mol. The molecule has 0 saturated carbocycles. The third-order valence-electron chi connectivity index (χ3n) is 0.621. The van der Waals surface area contributed by atoms with Crippen LogP contribution in [0.5, 0.6) is 0 Å². The fourth-order valence-electron chi connectivity index (χ4n) is 0.245. The van der Waals surface area contributed by atoms with Crippen LogP contribution in [0.4, 0.5) is 9.59 Å². The Morgan fingerprint density at radius 2 is 2.00 bits per heavy atom. The fraction of sp³-hybridized carbons (Fsp3) is 0.500. The maximum atomic E-state index is 10.3. The highest BCUT2D eigenvalue weighted by molar-refractivity contribution is 5.76. The maximum Gasteiger partial charge on any atom is 0.523 e. The van der Waals surface area contributed by atoms with Gasteiger partial charge in [0, 0.05) is 0 Å². The van der Waals surface area contributed by atoms with Gasteiger partial charge in [0.25, 0.3) is 0 Å². The molecule has 0 aromatic heterocycles. The van der Waals surface area contributed by atoms with Crippen molar-refractivity contribution in [1.29, 1.82) is 0 Å². The van der Waals surface area contributed by atoms with Crippen LogP contribution < -0.4 is 0 Å². The van der Waals surface area contributed by atoms with Crippen molar-refractivity contribution in [2.75, 3.05) is 13.8 Å². The lowest BCUT2D eigenvalue weighted by molar-refractivity contribution is -0.518. The van der Waals surface area contributed by atoms with Crippen LogP contribution in [0.25, 0.3) is 0 Å². The Morgan fingerprint density at radius 3 is 2.42 bits per heavy atom. The molecular weight excluding hydrogens is 174 g/mol. The van der Waals surface area contributed by atoms with E-state index < -0.39 is 24.0 Å². The lowest BCUT2D eigenvalue weighted by Crippen LogP contribution is -2.17. The van der Waals surface area contributed by atoms with Crippen molar-refractivity contribution in [1.82, 2.24) is 0 Å². The van der Waals surface area contributed by atoms with Crippen molar-refractivity contribution in [2.24, 2.45) is 0 Å². The number of carbonyl (C=O) groups excluding carboxylic acids is 2. The monoisotopic (exact) mass is 179 g/mol. The zero-order valence-corrected chi connectivity index (χ0v) is 6.01. The van der Waals surface area contributed by atoms with Gasteiger partial charge in [0.15, 0.2) is 0 Å². The second-order valence-corrected chi connectivity index (χ2v) is 1.41. The smallest absolute Gasteiger partial charge is 0.437 e. The molecule has 0 unspecified atom stereocenters. The van der Waals surface area contributed by atoms with Gasteiger partial charge in [-0.2, -0.15) is 0 Å². The molecule has 0 saturated heterocycles. The van der Waals surface area contributed by atoms with Crippen LogP contribution in [0.3, 0.4) is 0 Å². The van der Waals surface area contributed by atoms with Crippen molar-refractivity contribution in [2.45, 2.75) is 0 Å². The SMILES string of the molecule is COC(=O)OC(=O)OC[N+](=O)[O-]. The number of ether oxygens (including phenoxy) is 3. The maximum absolute atomic E-state index is 10.3. The molecule has 0 aliphatic heterocycles. The van der Waals surface area contributed by atoms with E-state index in [1.807, 2.05) is 0 Å². The summed E-state index contributed by atoms with van der Waals surface area (Å²) in [5.74, 6) is 0. The Morgan fingerprint density at radius 1 is 1.42 bits per heavy atom. The summed E-state index contributed by atoms with van der Waals surface area (Å²) in [5.41, 5.74) is 0. The summed E-state index contributed by atoms with van der Waals surface area (Å²) in [7, 11) is 0.975. The van der Waals surface area contributed by atoms with E-state index >= 15 is 0 Å². The first-order valence-electron chi connectivity index (χ1n) is 2.60. The number of carbonyl (C=O) groups is 2. The van der Waals surface area contributed by atoms with Gasteiger partial charge in [-0.25, -0.2) is 9.59 Å². The molecule has 0 bridgehead atoms. The van der Waals surface area contributed by atoms with Gasteiger partial charge in [-0.05, 0) is 0 Å². The van der Waals surface area contributed by atoms with Crippen molar-refractivity contribution in [3.63, 3.8) is 0 Å². The second-order valence-electron chi connectivity index (χ2n) is 1.41. The summed E-state index contributed by atoms with van der Waals surface area (Å²) in [6, 6.07) is 0. The van der Waals surface area contributed by atoms with Crippen LogP contribution in [-0.4, -0.2) is 31.1 Å². The topological polar surface area (TPSA) is 105 Å². The Labute approximate surface area is 66.2 Å². The summed E-state index contributed by atoms with van der Waals surface area (Å²) in [6.07, 6.45) is -2.76. The zero-order chi connectivity index (χ0) is 9.56. The van der Waals surface area contributed by atoms with Crippen LogP contribution in [0, 0.1) is 10.1 Å². The Kier molecular flexibility index (Phi) is 4.12. The first kappa shape index (κ1) is 10.1. The van der Waals surface area contributed by atoms with Crippen LogP contribution in [0.15, 0.2) is 0 Å². The number of hydrogen-bond donors (Lipinski definition) is 0. The minimum atomic E-state index is -1.47. The number of hydrogen-bond acceptors (Lipinski definition) is 7. The van der Waals surface area contributed by atoms with Crippen LogP contribution in [-0.2, 0) is 14.2 Å². The summed E-state index contributed by atoms with van der Waals surface area (Å²) in [5, 5.41) is 9.62. The second kappa shape index (κ2) is 4.88. The number of nitrogens with zero attached hydrogens (tertiary/aromatic N) is 1. The average Bonchev–Trinajstić information content (AvgIpc) is 2.00. The third-order valence-corrected chi connectivity index (χ3v) is 0.621. The van der Waals surface area contributed by atoms with Gasteiger partial charge >= 0.3 is 19.0 Å². The van der Waals surface area contributed by atoms with Gasteiger partial charge in [0.05, 0.1) is 12.0 Å². The molecule has 0 fully saturated rings. The first-order chi connectivity index (χ1) is 5.56. The minimum absolute atomic E-state index is 0.904. The Balaban J connectivity index is 3.60. The van der Waals surface area contributed by atoms with E-state index in [1.54, 1.807) is 0 Å². The van der Waals surface area contributed by atoms with E-state index in [1.165, 1.54) is 0 Å². The summed E-state index contributed by atoms with van der Waals surface area (Å²) in [4.78, 5) is 29.1. The van der Waals surface area contributed by atoms with Crippen LogP contribution in [0.1, 0.15) is 0 Å². The molecule has 0 aliphatic carbocycles. The van der Waals surface area contributed by atoms with E-state index in [0.29, 0.717) is 0 Å². The van der Waals surface area contributed by atoms with E-state index in [-0.39, 0.29) is 0 Å². The molecule has 0 radical (unpaired) electrons. The average molecular weight is 179 g/mol. The molecule has 12 heavy (non-hydrogen) atoms. The summed E-state index contributed by atoms with van der Waals surface area (Å²) >= 11 is 0. The largest absolute Gasteiger partial charge is 0.523 e. The molecule has 0 aromatic rings. The Hall–Kier alpha value is -1.86. The number of rotatable bonds is 2. The van der Waals surface area contributed by atoms with Gasteiger partial charge in [0.2, 0.25) is 0 Å². The highest BCUT2D eigenvalue weighted by Gasteiger charge is 2.13. The lowest BCUT2D eigenvalue weighted by Gasteiger charge is -1.98.